The summed E-state index contributed by atoms with van der Waals surface area (Å²) < 4.78 is 29.7. The lowest BCUT2D eigenvalue weighted by molar-refractivity contribution is 0.348. The van der Waals surface area contributed by atoms with Gasteiger partial charge in [0.2, 0.25) is 0 Å². The number of fused-ring (bicyclic) bond motifs is 3. The molecule has 0 saturated heterocycles. The number of rotatable bonds is 3. The number of aryl methyl sites for hydroxylation is 1. The fourth-order valence-corrected chi connectivity index (χ4v) is 5.74. The van der Waals surface area contributed by atoms with Crippen LogP contribution in [0.25, 0.3) is 0 Å². The summed E-state index contributed by atoms with van der Waals surface area (Å²) in [7, 11) is -3.69. The summed E-state index contributed by atoms with van der Waals surface area (Å²) in [6, 6.07) is 6.80. The Bertz CT molecular complexity index is 1070. The van der Waals surface area contributed by atoms with Gasteiger partial charge in [-0.3, -0.25) is 9.56 Å². The molecule has 0 bridgehead atoms. The van der Waals surface area contributed by atoms with E-state index in [0.717, 1.165) is 30.7 Å². The molecule has 9 heteroatoms. The van der Waals surface area contributed by atoms with E-state index >= 15 is 0 Å². The van der Waals surface area contributed by atoms with Gasteiger partial charge in [0.1, 0.15) is 5.82 Å². The second kappa shape index (κ2) is 6.25. The molecular formula is C19H22N6O2S. The Labute approximate surface area is 163 Å². The van der Waals surface area contributed by atoms with Gasteiger partial charge < -0.3 is 5.73 Å². The van der Waals surface area contributed by atoms with Crippen LogP contribution >= 0.6 is 0 Å². The van der Waals surface area contributed by atoms with Crippen LogP contribution in [0.4, 0.5) is 0 Å². The summed E-state index contributed by atoms with van der Waals surface area (Å²) in [5.74, 6) is 1.79. The number of benzene rings is 1. The normalized spacial score (nSPS) is 28.6. The number of hydrogen-bond donors (Lipinski definition) is 1. The van der Waals surface area contributed by atoms with Gasteiger partial charge in [-0.15, -0.1) is 10.2 Å². The van der Waals surface area contributed by atoms with Gasteiger partial charge in [0.15, 0.2) is 12.0 Å². The molecule has 28 heavy (non-hydrogen) atoms. The van der Waals surface area contributed by atoms with E-state index in [-0.39, 0.29) is 22.9 Å². The second-order valence-corrected chi connectivity index (χ2v) is 9.57. The van der Waals surface area contributed by atoms with Crippen molar-refractivity contribution in [3.05, 3.63) is 53.8 Å². The molecule has 3 heterocycles. The number of nitrogens with zero attached hydrogens (tertiary/aromatic N) is 5. The van der Waals surface area contributed by atoms with Crippen molar-refractivity contribution in [2.24, 2.45) is 10.7 Å². The van der Waals surface area contributed by atoms with Crippen LogP contribution in [0.5, 0.6) is 0 Å². The molecule has 0 amide bonds. The smallest absolute Gasteiger partial charge is 0.265 e. The van der Waals surface area contributed by atoms with Crippen LogP contribution in [0.1, 0.15) is 48.4 Å². The number of hydrogen-bond acceptors (Lipinski definition) is 6. The van der Waals surface area contributed by atoms with E-state index < -0.39 is 16.2 Å². The molecule has 5 rings (SSSR count). The summed E-state index contributed by atoms with van der Waals surface area (Å²) >= 11 is 0. The Hall–Kier alpha value is -2.52. The molecule has 1 aromatic heterocycles. The lowest BCUT2D eigenvalue weighted by atomic mass is 10.1. The van der Waals surface area contributed by atoms with E-state index in [1.807, 2.05) is 17.6 Å². The average Bonchev–Trinajstić information content (AvgIpc) is 3.38. The SMILES string of the molecule is Cc1ccc(S(=O)(=O)N2C=CC3C2N=Cc2nnc([C@@H]4CC[C@H](N)C4)n23)cc1. The van der Waals surface area contributed by atoms with Crippen molar-refractivity contribution < 1.29 is 8.42 Å². The Balaban J connectivity index is 1.49. The monoisotopic (exact) mass is 398 g/mol. The number of sulfonamides is 1. The molecule has 8 nitrogen and oxygen atoms in total. The van der Waals surface area contributed by atoms with Crippen LogP contribution in [-0.2, 0) is 10.0 Å². The zero-order chi connectivity index (χ0) is 19.5. The minimum Gasteiger partial charge on any atom is -0.328 e. The fraction of sp³-hybridized carbons (Fsp3) is 0.421. The van der Waals surface area contributed by atoms with Crippen LogP contribution in [0.3, 0.4) is 0 Å². The Kier molecular flexibility index (Phi) is 3.92. The van der Waals surface area contributed by atoms with Crippen molar-refractivity contribution in [1.82, 2.24) is 19.1 Å². The lowest BCUT2D eigenvalue weighted by Gasteiger charge is -2.30. The van der Waals surface area contributed by atoms with Crippen molar-refractivity contribution in [2.45, 2.75) is 55.2 Å². The van der Waals surface area contributed by atoms with E-state index in [2.05, 4.69) is 15.2 Å². The molecule has 4 atom stereocenters. The summed E-state index contributed by atoms with van der Waals surface area (Å²) in [6.45, 7) is 1.93. The third kappa shape index (κ3) is 2.61. The zero-order valence-electron chi connectivity index (χ0n) is 15.5. The molecule has 2 N–H and O–H groups in total. The van der Waals surface area contributed by atoms with Crippen LogP contribution in [-0.4, -0.2) is 45.9 Å². The highest BCUT2D eigenvalue weighted by Crippen LogP contribution is 2.39. The molecular weight excluding hydrogens is 376 g/mol. The average molecular weight is 398 g/mol. The molecule has 2 unspecified atom stereocenters. The highest BCUT2D eigenvalue weighted by molar-refractivity contribution is 7.89. The van der Waals surface area contributed by atoms with Gasteiger partial charge in [0.25, 0.3) is 10.0 Å². The summed E-state index contributed by atoms with van der Waals surface area (Å²) in [5, 5.41) is 8.66. The molecule has 3 aliphatic rings. The predicted molar refractivity (Wildman–Crippen MR) is 104 cm³/mol. The summed E-state index contributed by atoms with van der Waals surface area (Å²) in [4.78, 5) is 4.75. The molecule has 2 aromatic rings. The second-order valence-electron chi connectivity index (χ2n) is 7.73. The van der Waals surface area contributed by atoms with E-state index in [9.17, 15) is 8.42 Å². The van der Waals surface area contributed by atoms with E-state index in [4.69, 9.17) is 5.73 Å². The molecule has 0 radical (unpaired) electrons. The van der Waals surface area contributed by atoms with E-state index in [1.165, 1.54) is 4.31 Å². The standard InChI is InChI=1S/C19H22N6O2S/c1-12-2-6-15(7-3-12)28(26,27)24-9-8-16-19(24)21-11-17-22-23-18(25(16)17)13-4-5-14(20)10-13/h2-3,6-9,11,13-14,16,19H,4-5,10,20H2,1H3/t13-,14+,16?,19?/m1/s1. The predicted octanol–water partition coefficient (Wildman–Crippen LogP) is 1.70. The molecule has 1 aliphatic carbocycles. The molecule has 0 spiro atoms. The number of aliphatic imine (C=N–C) groups is 1. The summed E-state index contributed by atoms with van der Waals surface area (Å²) in [5.41, 5.74) is 7.09. The minimum absolute atomic E-state index is 0.184. The van der Waals surface area contributed by atoms with Crippen LogP contribution in [0.15, 0.2) is 46.4 Å². The molecule has 1 fully saturated rings. The van der Waals surface area contributed by atoms with E-state index in [0.29, 0.717) is 5.82 Å². The van der Waals surface area contributed by atoms with Gasteiger partial charge in [-0.25, -0.2) is 12.7 Å². The lowest BCUT2D eigenvalue weighted by Crippen LogP contribution is -2.39. The first kappa shape index (κ1) is 17.6. The Morgan fingerprint density at radius 3 is 2.64 bits per heavy atom. The van der Waals surface area contributed by atoms with Crippen molar-refractivity contribution in [3.63, 3.8) is 0 Å². The fourth-order valence-electron chi connectivity index (χ4n) is 4.32. The molecule has 1 saturated carbocycles. The van der Waals surface area contributed by atoms with Gasteiger partial charge in [0.05, 0.1) is 17.2 Å². The van der Waals surface area contributed by atoms with Crippen molar-refractivity contribution >= 4 is 16.2 Å². The first-order chi connectivity index (χ1) is 13.4. The van der Waals surface area contributed by atoms with Gasteiger partial charge in [-0.2, -0.15) is 0 Å². The van der Waals surface area contributed by atoms with Crippen LogP contribution < -0.4 is 5.73 Å². The highest BCUT2D eigenvalue weighted by Gasteiger charge is 2.42. The highest BCUT2D eigenvalue weighted by atomic mass is 32.2. The van der Waals surface area contributed by atoms with Crippen LogP contribution in [0, 0.1) is 6.92 Å². The van der Waals surface area contributed by atoms with Crippen LogP contribution in [0.2, 0.25) is 0 Å². The van der Waals surface area contributed by atoms with E-state index in [1.54, 1.807) is 36.7 Å². The van der Waals surface area contributed by atoms with Crippen molar-refractivity contribution in [3.8, 4) is 0 Å². The quantitative estimate of drug-likeness (QED) is 0.847. The molecule has 146 valence electrons. The third-order valence-corrected chi connectivity index (χ3v) is 7.58. The largest absolute Gasteiger partial charge is 0.328 e. The third-order valence-electron chi connectivity index (χ3n) is 5.82. The first-order valence-corrected chi connectivity index (χ1v) is 10.9. The van der Waals surface area contributed by atoms with Gasteiger partial charge in [-0.1, -0.05) is 17.7 Å². The number of aromatic nitrogens is 3. The molecule has 1 aromatic carbocycles. The topological polar surface area (TPSA) is 106 Å². The zero-order valence-corrected chi connectivity index (χ0v) is 16.3. The first-order valence-electron chi connectivity index (χ1n) is 9.47. The summed E-state index contributed by atoms with van der Waals surface area (Å²) in [6.07, 6.45) is 7.36. The maximum absolute atomic E-state index is 13.2. The Morgan fingerprint density at radius 1 is 1.14 bits per heavy atom. The van der Waals surface area contributed by atoms with Gasteiger partial charge >= 0.3 is 0 Å². The van der Waals surface area contributed by atoms with Crippen molar-refractivity contribution in [1.29, 1.82) is 0 Å². The van der Waals surface area contributed by atoms with Crippen molar-refractivity contribution in [2.75, 3.05) is 0 Å². The molecule has 2 aliphatic heterocycles. The van der Waals surface area contributed by atoms with Gasteiger partial charge in [0, 0.05) is 18.2 Å². The Morgan fingerprint density at radius 2 is 1.93 bits per heavy atom. The number of nitrogens with two attached hydrogens (primary N) is 1. The minimum atomic E-state index is -3.69. The maximum Gasteiger partial charge on any atom is 0.265 e. The van der Waals surface area contributed by atoms with Gasteiger partial charge in [-0.05, 0) is 44.4 Å². The maximum atomic E-state index is 13.2.